The first-order chi connectivity index (χ1) is 18.0. The molecule has 0 N–H and O–H groups in total. The maximum absolute atomic E-state index is 13.7. The van der Waals surface area contributed by atoms with Gasteiger partial charge in [0, 0.05) is 13.1 Å². The summed E-state index contributed by atoms with van der Waals surface area (Å²) in [5.74, 6) is 0.502. The van der Waals surface area contributed by atoms with E-state index in [1.165, 1.54) is 12.7 Å². The van der Waals surface area contributed by atoms with Crippen molar-refractivity contribution in [3.05, 3.63) is 83.9 Å². The molecule has 0 spiro atoms. The van der Waals surface area contributed by atoms with Crippen LogP contribution in [0.5, 0.6) is 5.75 Å². The Balaban J connectivity index is 1.55. The minimum atomic E-state index is -3.67. The van der Waals surface area contributed by atoms with Crippen molar-refractivity contribution in [2.75, 3.05) is 20.2 Å². The minimum Gasteiger partial charge on any atom is -0.476 e. The van der Waals surface area contributed by atoms with Gasteiger partial charge in [0.2, 0.25) is 10.0 Å². The molecule has 4 rings (SSSR count). The van der Waals surface area contributed by atoms with Crippen LogP contribution >= 0.6 is 0 Å². The molecule has 1 aliphatic heterocycles. The highest BCUT2D eigenvalue weighted by atomic mass is 32.2. The summed E-state index contributed by atoms with van der Waals surface area (Å²) in [6, 6.07) is 23.0. The smallest absolute Gasteiger partial charge is 0.349 e. The van der Waals surface area contributed by atoms with Gasteiger partial charge >= 0.3 is 5.97 Å². The Morgan fingerprint density at radius 2 is 1.66 bits per heavy atom. The largest absolute Gasteiger partial charge is 0.476 e. The first kappa shape index (κ1) is 27.9. The van der Waals surface area contributed by atoms with Gasteiger partial charge in [-0.2, -0.15) is 4.31 Å². The summed E-state index contributed by atoms with van der Waals surface area (Å²) in [7, 11) is -2.34. The molecule has 0 bridgehead atoms. The molecular formula is C31H37NO5S. The van der Waals surface area contributed by atoms with E-state index in [1.54, 1.807) is 36.4 Å². The van der Waals surface area contributed by atoms with Gasteiger partial charge < -0.3 is 9.47 Å². The zero-order chi connectivity index (χ0) is 27.5. The van der Waals surface area contributed by atoms with Crippen LogP contribution in [0.2, 0.25) is 0 Å². The molecule has 0 radical (unpaired) electrons. The van der Waals surface area contributed by atoms with Crippen molar-refractivity contribution in [1.29, 1.82) is 0 Å². The van der Waals surface area contributed by atoms with Crippen LogP contribution in [0.4, 0.5) is 0 Å². The molecule has 202 valence electrons. The van der Waals surface area contributed by atoms with E-state index in [4.69, 9.17) is 9.47 Å². The van der Waals surface area contributed by atoms with Gasteiger partial charge in [0.05, 0.1) is 12.0 Å². The highest BCUT2D eigenvalue weighted by Crippen LogP contribution is 2.34. The summed E-state index contributed by atoms with van der Waals surface area (Å²) in [6.45, 7) is 8.49. The standard InChI is InChI=1S/C31H37NO5S/c1-22(2)23-10-6-11-24(18-23)26-13-8-16-29(20-26)38(34,35)32-17-9-14-27(21-32)25-12-7-15-28(19-25)37-31(3,4)30(33)36-5/h6-8,10-13,15-16,18-20,22,27H,9,14,17,21H2,1-5H3. The maximum atomic E-state index is 13.7. The average Bonchev–Trinajstić information content (AvgIpc) is 2.92. The fraction of sp³-hybridized carbons (Fsp3) is 0.387. The lowest BCUT2D eigenvalue weighted by Crippen LogP contribution is -2.39. The van der Waals surface area contributed by atoms with Crippen LogP contribution in [0.15, 0.2) is 77.7 Å². The van der Waals surface area contributed by atoms with E-state index < -0.39 is 21.6 Å². The second-order valence-electron chi connectivity index (χ2n) is 10.7. The Labute approximate surface area is 226 Å². The first-order valence-corrected chi connectivity index (χ1v) is 14.5. The number of carbonyl (C=O) groups is 1. The Morgan fingerprint density at radius 1 is 0.974 bits per heavy atom. The molecular weight excluding hydrogens is 498 g/mol. The van der Waals surface area contributed by atoms with Gasteiger partial charge in [-0.1, -0.05) is 62.4 Å². The van der Waals surface area contributed by atoms with Crippen LogP contribution in [0.1, 0.15) is 63.5 Å². The van der Waals surface area contributed by atoms with E-state index in [0.717, 1.165) is 29.5 Å². The molecule has 38 heavy (non-hydrogen) atoms. The van der Waals surface area contributed by atoms with Gasteiger partial charge in [-0.15, -0.1) is 0 Å². The molecule has 0 aliphatic carbocycles. The number of methoxy groups -OCH3 is 1. The summed E-state index contributed by atoms with van der Waals surface area (Å²) in [4.78, 5) is 12.4. The number of ether oxygens (including phenoxy) is 2. The summed E-state index contributed by atoms with van der Waals surface area (Å²) >= 11 is 0. The molecule has 0 aromatic heterocycles. The number of esters is 1. The minimum absolute atomic E-state index is 0.0224. The molecule has 3 aromatic rings. The van der Waals surface area contributed by atoms with Crippen LogP contribution in [-0.2, 0) is 19.6 Å². The molecule has 1 saturated heterocycles. The second kappa shape index (κ2) is 11.3. The second-order valence-corrected chi connectivity index (χ2v) is 12.6. The van der Waals surface area contributed by atoms with Crippen molar-refractivity contribution in [2.24, 2.45) is 0 Å². The highest BCUT2D eigenvalue weighted by molar-refractivity contribution is 7.89. The van der Waals surface area contributed by atoms with Gasteiger partial charge in [0.25, 0.3) is 0 Å². The van der Waals surface area contributed by atoms with Crippen molar-refractivity contribution in [1.82, 2.24) is 4.31 Å². The molecule has 1 unspecified atom stereocenters. The predicted octanol–water partition coefficient (Wildman–Crippen LogP) is 6.38. The normalized spacial score (nSPS) is 16.8. The lowest BCUT2D eigenvalue weighted by Gasteiger charge is -2.32. The van der Waals surface area contributed by atoms with Gasteiger partial charge in [-0.05, 0) is 85.0 Å². The lowest BCUT2D eigenvalue weighted by molar-refractivity contribution is -0.156. The van der Waals surface area contributed by atoms with Crippen LogP contribution in [-0.4, -0.2) is 44.5 Å². The Bertz CT molecular complexity index is 1400. The third-order valence-corrected chi connectivity index (χ3v) is 8.98. The highest BCUT2D eigenvalue weighted by Gasteiger charge is 2.33. The summed E-state index contributed by atoms with van der Waals surface area (Å²) in [5.41, 5.74) is 2.98. The van der Waals surface area contributed by atoms with E-state index in [1.807, 2.05) is 42.5 Å². The van der Waals surface area contributed by atoms with Gasteiger partial charge in [0.1, 0.15) is 5.75 Å². The molecule has 0 saturated carbocycles. The van der Waals surface area contributed by atoms with Crippen molar-refractivity contribution in [3.8, 4) is 16.9 Å². The Kier molecular flexibility index (Phi) is 8.28. The lowest BCUT2D eigenvalue weighted by atomic mass is 9.91. The van der Waals surface area contributed by atoms with Crippen LogP contribution < -0.4 is 4.74 Å². The third kappa shape index (κ3) is 6.11. The quantitative estimate of drug-likeness (QED) is 0.313. The van der Waals surface area contributed by atoms with Gasteiger partial charge in [0.15, 0.2) is 5.60 Å². The fourth-order valence-electron chi connectivity index (χ4n) is 4.91. The molecule has 6 nitrogen and oxygen atoms in total. The van der Waals surface area contributed by atoms with E-state index in [-0.39, 0.29) is 5.92 Å². The van der Waals surface area contributed by atoms with Crippen LogP contribution in [0, 0.1) is 0 Å². The first-order valence-electron chi connectivity index (χ1n) is 13.1. The fourth-order valence-corrected chi connectivity index (χ4v) is 6.48. The number of nitrogens with zero attached hydrogens (tertiary/aromatic N) is 1. The third-order valence-electron chi connectivity index (χ3n) is 7.12. The van der Waals surface area contributed by atoms with Crippen molar-refractivity contribution in [3.63, 3.8) is 0 Å². The molecule has 0 amide bonds. The number of rotatable bonds is 8. The SMILES string of the molecule is COC(=O)C(C)(C)Oc1cccc(C2CCCN(S(=O)(=O)c3cccc(-c4cccc(C(C)C)c4)c3)C2)c1. The maximum Gasteiger partial charge on any atom is 0.349 e. The number of carbonyl (C=O) groups excluding carboxylic acids is 1. The molecule has 1 aliphatic rings. The molecule has 7 heteroatoms. The zero-order valence-electron chi connectivity index (χ0n) is 22.8. The van der Waals surface area contributed by atoms with Crippen LogP contribution in [0.3, 0.4) is 0 Å². The van der Waals surface area contributed by atoms with E-state index in [9.17, 15) is 13.2 Å². The number of piperidine rings is 1. The van der Waals surface area contributed by atoms with Crippen molar-refractivity contribution >= 4 is 16.0 Å². The monoisotopic (exact) mass is 535 g/mol. The number of sulfonamides is 1. The molecule has 3 aromatic carbocycles. The summed E-state index contributed by atoms with van der Waals surface area (Å²) < 4.78 is 39.8. The van der Waals surface area contributed by atoms with Crippen molar-refractivity contribution in [2.45, 2.75) is 62.9 Å². The van der Waals surface area contributed by atoms with Gasteiger partial charge in [-0.3, -0.25) is 0 Å². The number of hydrogen-bond donors (Lipinski definition) is 0. The summed E-state index contributed by atoms with van der Waals surface area (Å²) in [5, 5.41) is 0. The zero-order valence-corrected chi connectivity index (χ0v) is 23.6. The van der Waals surface area contributed by atoms with Crippen LogP contribution in [0.25, 0.3) is 11.1 Å². The summed E-state index contributed by atoms with van der Waals surface area (Å²) in [6.07, 6.45) is 1.64. The average molecular weight is 536 g/mol. The molecule has 1 heterocycles. The Hall–Kier alpha value is -3.16. The molecule has 1 atom stereocenters. The van der Waals surface area contributed by atoms with E-state index in [2.05, 4.69) is 26.0 Å². The Morgan fingerprint density at radius 3 is 2.37 bits per heavy atom. The number of hydrogen-bond acceptors (Lipinski definition) is 5. The number of benzene rings is 3. The van der Waals surface area contributed by atoms with Crippen molar-refractivity contribution < 1.29 is 22.7 Å². The van der Waals surface area contributed by atoms with E-state index >= 15 is 0 Å². The van der Waals surface area contributed by atoms with Gasteiger partial charge in [-0.25, -0.2) is 13.2 Å². The van der Waals surface area contributed by atoms with E-state index in [0.29, 0.717) is 29.7 Å². The molecule has 1 fully saturated rings. The predicted molar refractivity (Wildman–Crippen MR) is 150 cm³/mol. The topological polar surface area (TPSA) is 72.9 Å².